The molecule has 1 N–H and O–H groups in total. The summed E-state index contributed by atoms with van der Waals surface area (Å²) in [5.74, 6) is -1.03. The summed E-state index contributed by atoms with van der Waals surface area (Å²) in [6.45, 7) is 0. The molecule has 128 valence electrons. The van der Waals surface area contributed by atoms with Crippen LogP contribution in [0.15, 0.2) is 59.1 Å². The molecule has 0 saturated carbocycles. The van der Waals surface area contributed by atoms with E-state index in [0.29, 0.717) is 10.4 Å². The van der Waals surface area contributed by atoms with E-state index in [9.17, 15) is 14.4 Å². The van der Waals surface area contributed by atoms with Gasteiger partial charge in [-0.2, -0.15) is 0 Å². The molecule has 0 aliphatic carbocycles. The van der Waals surface area contributed by atoms with Crippen molar-refractivity contribution >= 4 is 29.1 Å². The molecule has 1 atom stereocenters. The van der Waals surface area contributed by atoms with E-state index in [2.05, 4.69) is 5.32 Å². The van der Waals surface area contributed by atoms with Crippen LogP contribution in [0.4, 0.5) is 4.79 Å². The van der Waals surface area contributed by atoms with Crippen LogP contribution in [-0.2, 0) is 9.53 Å². The Labute approximate surface area is 148 Å². The van der Waals surface area contributed by atoms with Crippen molar-refractivity contribution in [3.8, 4) is 0 Å². The average molecular weight is 356 g/mol. The monoisotopic (exact) mass is 356 g/mol. The van der Waals surface area contributed by atoms with Gasteiger partial charge >= 0.3 is 12.0 Å². The van der Waals surface area contributed by atoms with Crippen LogP contribution in [0.3, 0.4) is 0 Å². The highest BCUT2D eigenvalue weighted by molar-refractivity contribution is 7.12. The number of likely N-dealkylation sites (N-methyl/N-ethyl adjacent to an activating group) is 1. The number of methoxy groups -OCH3 is 1. The summed E-state index contributed by atoms with van der Waals surface area (Å²) >= 11 is 1.28. The van der Waals surface area contributed by atoms with Crippen molar-refractivity contribution < 1.29 is 19.1 Å². The zero-order valence-corrected chi connectivity index (χ0v) is 14.5. The molecule has 0 unspecified atom stereocenters. The molecule has 0 fully saturated rings. The molecule has 6 nitrogen and oxygen atoms in total. The second kappa shape index (κ2) is 6.90. The van der Waals surface area contributed by atoms with E-state index in [1.165, 1.54) is 25.5 Å². The van der Waals surface area contributed by atoms with Gasteiger partial charge in [-0.25, -0.2) is 9.59 Å². The summed E-state index contributed by atoms with van der Waals surface area (Å²) in [4.78, 5) is 39.4. The molecule has 0 radical (unpaired) electrons. The largest absolute Gasteiger partial charge is 0.464 e. The number of carbonyl (C=O) groups excluding carboxylic acids is 3. The van der Waals surface area contributed by atoms with Crippen molar-refractivity contribution in [2.75, 3.05) is 14.2 Å². The van der Waals surface area contributed by atoms with Gasteiger partial charge in [-0.15, -0.1) is 11.3 Å². The number of esters is 1. The predicted octanol–water partition coefficient (Wildman–Crippen LogP) is 2.75. The quantitative estimate of drug-likeness (QED) is 0.675. The van der Waals surface area contributed by atoms with E-state index in [1.54, 1.807) is 29.6 Å². The number of amides is 2. The maximum Gasteiger partial charge on any atom is 0.355 e. The van der Waals surface area contributed by atoms with Gasteiger partial charge in [0.05, 0.1) is 23.6 Å². The molecule has 1 aliphatic rings. The fourth-order valence-electron chi connectivity index (χ4n) is 2.73. The number of thiophene rings is 1. The highest BCUT2D eigenvalue weighted by Crippen LogP contribution is 2.33. The molecule has 1 aliphatic heterocycles. The molecule has 0 saturated heterocycles. The first kappa shape index (κ1) is 16.9. The minimum Gasteiger partial charge on any atom is -0.464 e. The van der Waals surface area contributed by atoms with Gasteiger partial charge in [-0.05, 0) is 17.0 Å². The van der Waals surface area contributed by atoms with E-state index in [-0.39, 0.29) is 17.1 Å². The molecule has 7 heteroatoms. The van der Waals surface area contributed by atoms with Crippen molar-refractivity contribution in [2.24, 2.45) is 0 Å². The zero-order chi connectivity index (χ0) is 18.0. The Morgan fingerprint density at radius 2 is 1.88 bits per heavy atom. The normalized spacial score (nSPS) is 17.3. The lowest BCUT2D eigenvalue weighted by Gasteiger charge is -2.33. The highest BCUT2D eigenvalue weighted by Gasteiger charge is 2.39. The van der Waals surface area contributed by atoms with Crippen LogP contribution < -0.4 is 5.32 Å². The minimum absolute atomic E-state index is 0.0431. The SMILES string of the molecule is COC(=O)C1=C(C(=O)c2cccs2)[C@@H](c2ccccc2)NC(=O)N1C. The van der Waals surface area contributed by atoms with Crippen LogP contribution in [0.5, 0.6) is 0 Å². The lowest BCUT2D eigenvalue weighted by molar-refractivity contribution is -0.137. The second-order valence-electron chi connectivity index (χ2n) is 5.41. The first-order valence-electron chi connectivity index (χ1n) is 7.54. The second-order valence-corrected chi connectivity index (χ2v) is 6.36. The van der Waals surface area contributed by atoms with Crippen molar-refractivity contribution in [3.63, 3.8) is 0 Å². The van der Waals surface area contributed by atoms with Crippen molar-refractivity contribution in [2.45, 2.75) is 6.04 Å². The fraction of sp³-hybridized carbons (Fsp3) is 0.167. The van der Waals surface area contributed by atoms with E-state index in [4.69, 9.17) is 4.74 Å². The van der Waals surface area contributed by atoms with Gasteiger partial charge in [-0.1, -0.05) is 36.4 Å². The summed E-state index contributed by atoms with van der Waals surface area (Å²) in [6.07, 6.45) is 0. The number of ether oxygens (including phenoxy) is 1. The van der Waals surface area contributed by atoms with Gasteiger partial charge in [0, 0.05) is 7.05 Å². The molecule has 3 rings (SSSR count). The number of urea groups is 1. The third kappa shape index (κ3) is 3.06. The number of hydrogen-bond donors (Lipinski definition) is 1. The molecule has 2 amide bonds. The number of benzene rings is 1. The van der Waals surface area contributed by atoms with Gasteiger partial charge in [0.15, 0.2) is 0 Å². The summed E-state index contributed by atoms with van der Waals surface area (Å²) in [6, 6.07) is 11.3. The summed E-state index contributed by atoms with van der Waals surface area (Å²) in [7, 11) is 2.66. The van der Waals surface area contributed by atoms with Gasteiger partial charge < -0.3 is 10.1 Å². The Morgan fingerprint density at radius 1 is 1.16 bits per heavy atom. The van der Waals surface area contributed by atoms with Gasteiger partial charge in [-0.3, -0.25) is 9.69 Å². The number of carbonyl (C=O) groups is 3. The number of Topliss-reactive ketones (excluding diaryl/α,β-unsaturated/α-hetero) is 1. The smallest absolute Gasteiger partial charge is 0.355 e. The number of nitrogens with one attached hydrogen (secondary N) is 1. The Balaban J connectivity index is 2.23. The summed E-state index contributed by atoms with van der Waals surface area (Å²) in [5.41, 5.74) is 0.867. The molecule has 0 bridgehead atoms. The summed E-state index contributed by atoms with van der Waals surface area (Å²) < 4.78 is 4.82. The molecule has 2 aromatic rings. The Bertz CT molecular complexity index is 843. The Kier molecular flexibility index (Phi) is 4.67. The van der Waals surface area contributed by atoms with Gasteiger partial charge in [0.25, 0.3) is 0 Å². The van der Waals surface area contributed by atoms with Crippen LogP contribution >= 0.6 is 11.3 Å². The van der Waals surface area contributed by atoms with Crippen molar-refractivity contribution in [1.29, 1.82) is 0 Å². The van der Waals surface area contributed by atoms with E-state index in [1.807, 2.05) is 18.2 Å². The minimum atomic E-state index is -0.728. The number of rotatable bonds is 4. The molecule has 0 spiro atoms. The first-order valence-corrected chi connectivity index (χ1v) is 8.42. The average Bonchev–Trinajstić information content (AvgIpc) is 3.17. The third-order valence-corrected chi connectivity index (χ3v) is 4.82. The van der Waals surface area contributed by atoms with E-state index in [0.717, 1.165) is 4.90 Å². The molecule has 1 aromatic heterocycles. The third-order valence-electron chi connectivity index (χ3n) is 3.95. The Morgan fingerprint density at radius 3 is 2.48 bits per heavy atom. The van der Waals surface area contributed by atoms with Crippen molar-refractivity contribution in [3.05, 3.63) is 69.6 Å². The summed E-state index contributed by atoms with van der Waals surface area (Å²) in [5, 5.41) is 4.58. The lowest BCUT2D eigenvalue weighted by atomic mass is 9.91. The highest BCUT2D eigenvalue weighted by atomic mass is 32.1. The molecular weight excluding hydrogens is 340 g/mol. The van der Waals surface area contributed by atoms with Gasteiger partial charge in [0.1, 0.15) is 5.70 Å². The predicted molar refractivity (Wildman–Crippen MR) is 93.2 cm³/mol. The van der Waals surface area contributed by atoms with Crippen LogP contribution in [0.25, 0.3) is 0 Å². The molecule has 2 heterocycles. The molecular formula is C18H16N2O4S. The van der Waals surface area contributed by atoms with Crippen molar-refractivity contribution in [1.82, 2.24) is 10.2 Å². The first-order chi connectivity index (χ1) is 12.0. The number of hydrogen-bond acceptors (Lipinski definition) is 5. The van der Waals surface area contributed by atoms with E-state index < -0.39 is 18.0 Å². The van der Waals surface area contributed by atoms with Crippen LogP contribution in [-0.4, -0.2) is 36.8 Å². The van der Waals surface area contributed by atoms with Crippen LogP contribution in [0.1, 0.15) is 21.3 Å². The maximum absolute atomic E-state index is 13.1. The number of nitrogens with zero attached hydrogens (tertiary/aromatic N) is 1. The molecule has 1 aromatic carbocycles. The Hall–Kier alpha value is -2.93. The lowest BCUT2D eigenvalue weighted by Crippen LogP contribution is -2.48. The standard InChI is InChI=1S/C18H16N2O4S/c1-20-15(17(22)24-2)13(16(21)12-9-6-10-25-12)14(19-18(20)23)11-7-4-3-5-8-11/h3-10,14H,1-2H3,(H,19,23)/t14-/m1/s1. The maximum atomic E-state index is 13.1. The number of ketones is 1. The van der Waals surface area contributed by atoms with Crippen LogP contribution in [0.2, 0.25) is 0 Å². The zero-order valence-electron chi connectivity index (χ0n) is 13.7. The molecule has 25 heavy (non-hydrogen) atoms. The van der Waals surface area contributed by atoms with E-state index >= 15 is 0 Å². The topological polar surface area (TPSA) is 75.7 Å². The van der Waals surface area contributed by atoms with Gasteiger partial charge in [0.2, 0.25) is 5.78 Å². The van der Waals surface area contributed by atoms with Crippen LogP contribution in [0, 0.1) is 0 Å². The fourth-order valence-corrected chi connectivity index (χ4v) is 3.41.